The number of rotatable bonds is 4. The molecule has 7 heteroatoms. The molecule has 0 saturated heterocycles. The summed E-state index contributed by atoms with van der Waals surface area (Å²) >= 11 is 5.74. The van der Waals surface area contributed by atoms with Gasteiger partial charge in [0.05, 0.1) is 10.8 Å². The fourth-order valence-electron chi connectivity index (χ4n) is 2.04. The Labute approximate surface area is 129 Å². The summed E-state index contributed by atoms with van der Waals surface area (Å²) in [4.78, 5) is 12.3. The number of carbonyl (C=O) groups is 1. The summed E-state index contributed by atoms with van der Waals surface area (Å²) in [5.41, 5.74) is 1.27. The van der Waals surface area contributed by atoms with E-state index in [0.717, 1.165) is 5.57 Å². The first-order valence-electron chi connectivity index (χ1n) is 6.27. The molecule has 0 aliphatic carbocycles. The number of hydrogen-bond donors (Lipinski definition) is 0. The zero-order valence-corrected chi connectivity index (χ0v) is 13.3. The predicted molar refractivity (Wildman–Crippen MR) is 81.5 cm³/mol. The van der Waals surface area contributed by atoms with Gasteiger partial charge in [-0.2, -0.15) is 13.5 Å². The van der Waals surface area contributed by atoms with Gasteiger partial charge in [-0.15, -0.1) is 11.0 Å². The average Bonchev–Trinajstić information content (AvgIpc) is 2.67. The smallest absolute Gasteiger partial charge is 0.271 e. The lowest BCUT2D eigenvalue weighted by Crippen LogP contribution is -2.32. The monoisotopic (exact) mass is 326 g/mol. The van der Waals surface area contributed by atoms with Gasteiger partial charge in [0.1, 0.15) is 0 Å². The van der Waals surface area contributed by atoms with E-state index >= 15 is 0 Å². The Morgan fingerprint density at radius 2 is 1.95 bits per heavy atom. The van der Waals surface area contributed by atoms with Crippen LogP contribution >= 0.6 is 11.6 Å². The molecule has 1 aliphatic rings. The molecule has 0 fully saturated rings. The van der Waals surface area contributed by atoms with E-state index in [9.17, 15) is 13.2 Å². The number of allylic oxidation sites excluding steroid dienone is 1. The highest BCUT2D eigenvalue weighted by atomic mass is 35.5. The van der Waals surface area contributed by atoms with Crippen molar-refractivity contribution in [1.29, 1.82) is 0 Å². The van der Waals surface area contributed by atoms with Crippen LogP contribution in [0.15, 0.2) is 46.4 Å². The number of hydrazone groups is 1. The van der Waals surface area contributed by atoms with Crippen LogP contribution < -0.4 is 0 Å². The molecular weight excluding hydrogens is 312 g/mol. The second kappa shape index (κ2) is 5.61. The van der Waals surface area contributed by atoms with Gasteiger partial charge in [-0.1, -0.05) is 17.2 Å². The molecule has 1 aromatic carbocycles. The van der Waals surface area contributed by atoms with Crippen LogP contribution in [0.3, 0.4) is 0 Å². The topological polar surface area (TPSA) is 66.8 Å². The number of hydrogen-bond acceptors (Lipinski definition) is 4. The Kier molecular flexibility index (Phi) is 4.20. The molecule has 112 valence electrons. The summed E-state index contributed by atoms with van der Waals surface area (Å²) in [6.07, 6.45) is 0.390. The van der Waals surface area contributed by atoms with Crippen molar-refractivity contribution >= 4 is 33.2 Å². The summed E-state index contributed by atoms with van der Waals surface area (Å²) < 4.78 is 25.5. The summed E-state index contributed by atoms with van der Waals surface area (Å²) in [7, 11) is -4.00. The minimum absolute atomic E-state index is 0.0206. The van der Waals surface area contributed by atoms with Gasteiger partial charge in [0.2, 0.25) is 0 Å². The Morgan fingerprint density at radius 3 is 2.48 bits per heavy atom. The zero-order valence-electron chi connectivity index (χ0n) is 11.7. The number of sulfonamides is 1. The van der Waals surface area contributed by atoms with E-state index in [1.54, 1.807) is 13.8 Å². The van der Waals surface area contributed by atoms with Crippen molar-refractivity contribution < 1.29 is 13.2 Å². The van der Waals surface area contributed by atoms with Gasteiger partial charge in [-0.05, 0) is 44.5 Å². The molecule has 1 amide bonds. The first-order chi connectivity index (χ1) is 9.73. The van der Waals surface area contributed by atoms with E-state index in [2.05, 4.69) is 11.7 Å². The third-order valence-electron chi connectivity index (χ3n) is 3.13. The Hall–Kier alpha value is -1.66. The maximum Gasteiger partial charge on any atom is 0.286 e. The van der Waals surface area contributed by atoms with Gasteiger partial charge in [0.15, 0.2) is 0 Å². The van der Waals surface area contributed by atoms with E-state index in [-0.39, 0.29) is 4.90 Å². The van der Waals surface area contributed by atoms with Crippen LogP contribution in [0.4, 0.5) is 0 Å². The second-order valence-corrected chi connectivity index (χ2v) is 7.20. The third-order valence-corrected chi connectivity index (χ3v) is 4.97. The van der Waals surface area contributed by atoms with Crippen LogP contribution in [0.25, 0.3) is 0 Å². The second-order valence-electron chi connectivity index (χ2n) is 5.00. The number of halogens is 1. The van der Waals surface area contributed by atoms with E-state index < -0.39 is 21.8 Å². The Bertz CT molecular complexity index is 723. The van der Waals surface area contributed by atoms with Gasteiger partial charge in [-0.25, -0.2) is 0 Å². The molecule has 0 spiro atoms. The van der Waals surface area contributed by atoms with Crippen LogP contribution in [-0.2, 0) is 14.8 Å². The lowest BCUT2D eigenvalue weighted by molar-refractivity contribution is -0.127. The van der Waals surface area contributed by atoms with Gasteiger partial charge < -0.3 is 0 Å². The quantitative estimate of drug-likeness (QED) is 0.799. The Morgan fingerprint density at radius 1 is 1.38 bits per heavy atom. The molecular formula is C14H15ClN2O3S. The highest BCUT2D eigenvalue weighted by Crippen LogP contribution is 2.28. The van der Waals surface area contributed by atoms with Gasteiger partial charge in [0.25, 0.3) is 15.9 Å². The normalized spacial score (nSPS) is 18.8. The average molecular weight is 327 g/mol. The maximum atomic E-state index is 12.5. The van der Waals surface area contributed by atoms with Crippen molar-refractivity contribution in [2.75, 3.05) is 0 Å². The first kappa shape index (κ1) is 15.7. The van der Waals surface area contributed by atoms with Gasteiger partial charge in [-0.3, -0.25) is 4.79 Å². The van der Waals surface area contributed by atoms with Crippen molar-refractivity contribution in [3.63, 3.8) is 0 Å². The van der Waals surface area contributed by atoms with E-state index in [0.29, 0.717) is 21.6 Å². The van der Waals surface area contributed by atoms with Crippen LogP contribution in [0.1, 0.15) is 20.3 Å². The fourth-order valence-corrected chi connectivity index (χ4v) is 3.44. The van der Waals surface area contributed by atoms with Crippen molar-refractivity contribution in [3.05, 3.63) is 41.4 Å². The minimum atomic E-state index is -4.00. The summed E-state index contributed by atoms with van der Waals surface area (Å²) in [6.45, 7) is 7.18. The predicted octanol–water partition coefficient (Wildman–Crippen LogP) is 2.83. The molecule has 2 rings (SSSR count). The zero-order chi connectivity index (χ0) is 15.8. The maximum absolute atomic E-state index is 12.5. The molecule has 0 N–H and O–H groups in total. The van der Waals surface area contributed by atoms with Crippen molar-refractivity contribution in [3.8, 4) is 0 Å². The molecule has 1 aromatic rings. The number of amides is 1. The molecule has 0 bridgehead atoms. The van der Waals surface area contributed by atoms with E-state index in [4.69, 9.17) is 11.6 Å². The van der Waals surface area contributed by atoms with Crippen LogP contribution in [0.5, 0.6) is 0 Å². The highest BCUT2D eigenvalue weighted by molar-refractivity contribution is 7.89. The third kappa shape index (κ3) is 3.01. The lowest BCUT2D eigenvalue weighted by Gasteiger charge is -2.14. The SMILES string of the molecule is C=C(C)CC1C(=O)N(S(=O)(=O)c2ccc(Cl)cc2)N=C1C. The lowest BCUT2D eigenvalue weighted by atomic mass is 9.97. The fraction of sp³-hybridized carbons (Fsp3) is 0.286. The summed E-state index contributed by atoms with van der Waals surface area (Å²) in [5.74, 6) is -1.12. The molecule has 0 aromatic heterocycles. The molecule has 21 heavy (non-hydrogen) atoms. The Balaban J connectivity index is 2.36. The van der Waals surface area contributed by atoms with E-state index in [1.807, 2.05) is 0 Å². The van der Waals surface area contributed by atoms with Crippen molar-refractivity contribution in [2.45, 2.75) is 25.2 Å². The van der Waals surface area contributed by atoms with Gasteiger partial charge >= 0.3 is 0 Å². The standard InChI is InChI=1S/C14H15ClN2O3S/c1-9(2)8-13-10(3)16-17(14(13)18)21(19,20)12-6-4-11(15)5-7-12/h4-7,13H,1,8H2,2-3H3. The molecule has 1 unspecified atom stereocenters. The highest BCUT2D eigenvalue weighted by Gasteiger charge is 2.40. The summed E-state index contributed by atoms with van der Waals surface area (Å²) in [5, 5.41) is 4.33. The van der Waals surface area contributed by atoms with E-state index in [1.165, 1.54) is 24.3 Å². The van der Waals surface area contributed by atoms with Crippen molar-refractivity contribution in [1.82, 2.24) is 4.41 Å². The van der Waals surface area contributed by atoms with Crippen LogP contribution in [0.2, 0.25) is 5.02 Å². The molecule has 0 saturated carbocycles. The molecule has 0 radical (unpaired) electrons. The number of carbonyl (C=O) groups excluding carboxylic acids is 1. The van der Waals surface area contributed by atoms with Crippen molar-refractivity contribution in [2.24, 2.45) is 11.0 Å². The molecule has 5 nitrogen and oxygen atoms in total. The number of benzene rings is 1. The number of nitrogens with zero attached hydrogens (tertiary/aromatic N) is 2. The van der Waals surface area contributed by atoms with Gasteiger partial charge in [0, 0.05) is 10.7 Å². The van der Waals surface area contributed by atoms with Crippen LogP contribution in [0, 0.1) is 5.92 Å². The van der Waals surface area contributed by atoms with Crippen LogP contribution in [-0.4, -0.2) is 24.5 Å². The summed E-state index contributed by atoms with van der Waals surface area (Å²) in [6, 6.07) is 5.61. The molecule has 1 heterocycles. The molecule has 1 atom stereocenters. The largest absolute Gasteiger partial charge is 0.286 e. The molecule has 1 aliphatic heterocycles. The minimum Gasteiger partial charge on any atom is -0.271 e. The first-order valence-corrected chi connectivity index (χ1v) is 8.09.